The van der Waals surface area contributed by atoms with Gasteiger partial charge in [-0.15, -0.1) is 0 Å². The molecule has 0 aliphatic carbocycles. The van der Waals surface area contributed by atoms with Crippen LogP contribution in [0.4, 0.5) is 5.69 Å². The van der Waals surface area contributed by atoms with Gasteiger partial charge in [-0.1, -0.05) is 31.4 Å². The predicted molar refractivity (Wildman–Crippen MR) is 74.5 cm³/mol. The summed E-state index contributed by atoms with van der Waals surface area (Å²) in [6.07, 6.45) is 2.16. The van der Waals surface area contributed by atoms with Gasteiger partial charge in [0.15, 0.2) is 0 Å². The second-order valence-corrected chi connectivity index (χ2v) is 4.67. The minimum Gasteiger partial charge on any atom is -0.480 e. The molecule has 6 heteroatoms. The lowest BCUT2D eigenvalue weighted by Gasteiger charge is -2.17. The normalized spacial score (nSPS) is 11.9. The lowest BCUT2D eigenvalue weighted by atomic mass is 10.1. The smallest absolute Gasteiger partial charge is 0.326 e. The van der Waals surface area contributed by atoms with Crippen LogP contribution in [0.3, 0.4) is 0 Å². The highest BCUT2D eigenvalue weighted by atomic mass is 35.5. The third kappa shape index (κ3) is 4.44. The van der Waals surface area contributed by atoms with E-state index in [0.29, 0.717) is 17.1 Å². The van der Waals surface area contributed by atoms with Gasteiger partial charge in [0.2, 0.25) is 0 Å². The molecular formula is C13H17ClN2O3. The Morgan fingerprint density at radius 3 is 2.68 bits per heavy atom. The summed E-state index contributed by atoms with van der Waals surface area (Å²) in [4.78, 5) is 22.5. The summed E-state index contributed by atoms with van der Waals surface area (Å²) in [5.74, 6) is -1.61. The first-order valence-electron chi connectivity index (χ1n) is 6.04. The summed E-state index contributed by atoms with van der Waals surface area (Å²) in [6, 6.07) is 3.81. The number of rotatable bonds is 7. The molecular weight excluding hydrogens is 268 g/mol. The Morgan fingerprint density at radius 2 is 2.16 bits per heavy atom. The van der Waals surface area contributed by atoms with Gasteiger partial charge >= 0.3 is 5.97 Å². The third-order valence-electron chi connectivity index (χ3n) is 2.72. The molecule has 0 saturated carbocycles. The van der Waals surface area contributed by atoms with Gasteiger partial charge in [0.05, 0.1) is 5.56 Å². The molecule has 1 aromatic carbocycles. The minimum atomic E-state index is -0.959. The largest absolute Gasteiger partial charge is 0.480 e. The van der Waals surface area contributed by atoms with Crippen LogP contribution in [0, 0.1) is 0 Å². The Balaban J connectivity index is 2.95. The van der Waals surface area contributed by atoms with E-state index in [1.807, 2.05) is 6.92 Å². The maximum absolute atomic E-state index is 11.3. The van der Waals surface area contributed by atoms with Crippen LogP contribution in [0.25, 0.3) is 0 Å². The SMILES string of the molecule is CCCCC(Nc1ccc(Cl)cc1C(N)=O)C(=O)O. The molecule has 0 aromatic heterocycles. The molecule has 0 radical (unpaired) electrons. The number of benzene rings is 1. The molecule has 0 fully saturated rings. The van der Waals surface area contributed by atoms with E-state index in [1.54, 1.807) is 12.1 Å². The van der Waals surface area contributed by atoms with Gasteiger partial charge in [0.1, 0.15) is 6.04 Å². The quantitative estimate of drug-likeness (QED) is 0.717. The molecule has 0 heterocycles. The second-order valence-electron chi connectivity index (χ2n) is 4.23. The summed E-state index contributed by atoms with van der Waals surface area (Å²) in [5, 5.41) is 12.3. The Bertz CT molecular complexity index is 477. The number of hydrogen-bond acceptors (Lipinski definition) is 3. The van der Waals surface area contributed by atoms with Gasteiger partial charge in [0, 0.05) is 10.7 Å². The second kappa shape index (κ2) is 6.99. The highest BCUT2D eigenvalue weighted by Gasteiger charge is 2.19. The molecule has 0 spiro atoms. The highest BCUT2D eigenvalue weighted by molar-refractivity contribution is 6.31. The van der Waals surface area contributed by atoms with Crippen molar-refractivity contribution in [3.05, 3.63) is 28.8 Å². The summed E-state index contributed by atoms with van der Waals surface area (Å²) >= 11 is 5.79. The van der Waals surface area contributed by atoms with Crippen molar-refractivity contribution in [1.29, 1.82) is 0 Å². The number of amides is 1. The zero-order chi connectivity index (χ0) is 14.4. The van der Waals surface area contributed by atoms with Crippen molar-refractivity contribution in [2.75, 3.05) is 5.32 Å². The molecule has 5 nitrogen and oxygen atoms in total. The number of primary amides is 1. The number of carbonyl (C=O) groups excluding carboxylic acids is 1. The van der Waals surface area contributed by atoms with Gasteiger partial charge in [0.25, 0.3) is 5.91 Å². The van der Waals surface area contributed by atoms with E-state index in [4.69, 9.17) is 22.4 Å². The standard InChI is InChI=1S/C13H17ClN2O3/c1-2-3-4-11(13(18)19)16-10-6-5-8(14)7-9(10)12(15)17/h5-7,11,16H,2-4H2,1H3,(H2,15,17)(H,18,19). The summed E-state index contributed by atoms with van der Waals surface area (Å²) in [6.45, 7) is 1.98. The monoisotopic (exact) mass is 284 g/mol. The minimum absolute atomic E-state index is 0.190. The Labute approximate surface area is 116 Å². The van der Waals surface area contributed by atoms with E-state index in [-0.39, 0.29) is 5.56 Å². The first-order chi connectivity index (χ1) is 8.95. The fourth-order valence-corrected chi connectivity index (χ4v) is 1.87. The van der Waals surface area contributed by atoms with E-state index < -0.39 is 17.9 Å². The molecule has 1 rings (SSSR count). The molecule has 19 heavy (non-hydrogen) atoms. The number of carboxylic acid groups (broad SMARTS) is 1. The molecule has 0 aliphatic heterocycles. The number of anilines is 1. The number of carbonyl (C=O) groups is 2. The number of halogens is 1. The number of nitrogens with two attached hydrogens (primary N) is 1. The van der Waals surface area contributed by atoms with E-state index in [2.05, 4.69) is 5.32 Å². The van der Waals surface area contributed by atoms with Crippen molar-refractivity contribution in [3.63, 3.8) is 0 Å². The number of hydrogen-bond donors (Lipinski definition) is 3. The number of aliphatic carboxylic acids is 1. The summed E-state index contributed by atoms with van der Waals surface area (Å²) in [7, 11) is 0. The average Bonchev–Trinajstić information content (AvgIpc) is 2.35. The van der Waals surface area contributed by atoms with Gasteiger partial charge in [-0.05, 0) is 24.6 Å². The first kappa shape index (κ1) is 15.3. The van der Waals surface area contributed by atoms with E-state index in [9.17, 15) is 9.59 Å². The van der Waals surface area contributed by atoms with E-state index in [1.165, 1.54) is 6.07 Å². The van der Waals surface area contributed by atoms with Crippen LogP contribution in [-0.4, -0.2) is 23.0 Å². The lowest BCUT2D eigenvalue weighted by molar-refractivity contribution is -0.138. The molecule has 1 atom stereocenters. The van der Waals surface area contributed by atoms with Crippen LogP contribution in [0.2, 0.25) is 5.02 Å². The summed E-state index contributed by atoms with van der Waals surface area (Å²) in [5.41, 5.74) is 5.83. The zero-order valence-electron chi connectivity index (χ0n) is 10.6. The van der Waals surface area contributed by atoms with Crippen molar-refractivity contribution in [2.45, 2.75) is 32.2 Å². The van der Waals surface area contributed by atoms with E-state index in [0.717, 1.165) is 12.8 Å². The zero-order valence-corrected chi connectivity index (χ0v) is 11.4. The Hall–Kier alpha value is -1.75. The van der Waals surface area contributed by atoms with Crippen molar-refractivity contribution in [1.82, 2.24) is 0 Å². The summed E-state index contributed by atoms with van der Waals surface area (Å²) < 4.78 is 0. The topological polar surface area (TPSA) is 92.4 Å². The highest BCUT2D eigenvalue weighted by Crippen LogP contribution is 2.22. The lowest BCUT2D eigenvalue weighted by Crippen LogP contribution is -2.30. The van der Waals surface area contributed by atoms with Gasteiger partial charge in [-0.3, -0.25) is 4.79 Å². The van der Waals surface area contributed by atoms with Crippen molar-refractivity contribution < 1.29 is 14.7 Å². The van der Waals surface area contributed by atoms with Crippen LogP contribution in [0.1, 0.15) is 36.5 Å². The van der Waals surface area contributed by atoms with Crippen LogP contribution in [0.5, 0.6) is 0 Å². The number of unbranched alkanes of at least 4 members (excludes halogenated alkanes) is 1. The fraction of sp³-hybridized carbons (Fsp3) is 0.385. The molecule has 0 saturated heterocycles. The van der Waals surface area contributed by atoms with Crippen LogP contribution in [-0.2, 0) is 4.79 Å². The molecule has 1 unspecified atom stereocenters. The molecule has 1 amide bonds. The molecule has 0 aliphatic rings. The Morgan fingerprint density at radius 1 is 1.47 bits per heavy atom. The van der Waals surface area contributed by atoms with Crippen LogP contribution < -0.4 is 11.1 Å². The van der Waals surface area contributed by atoms with Crippen LogP contribution in [0.15, 0.2) is 18.2 Å². The molecule has 4 N–H and O–H groups in total. The van der Waals surface area contributed by atoms with Crippen molar-refractivity contribution in [3.8, 4) is 0 Å². The average molecular weight is 285 g/mol. The molecule has 0 bridgehead atoms. The number of carboxylic acids is 1. The predicted octanol–water partition coefficient (Wildman–Crippen LogP) is 2.49. The van der Waals surface area contributed by atoms with Gasteiger partial charge in [-0.25, -0.2) is 4.79 Å². The number of nitrogens with one attached hydrogen (secondary N) is 1. The maximum atomic E-state index is 11.3. The molecule has 104 valence electrons. The Kier molecular flexibility index (Phi) is 5.63. The first-order valence-corrected chi connectivity index (χ1v) is 6.42. The van der Waals surface area contributed by atoms with Crippen LogP contribution >= 0.6 is 11.6 Å². The van der Waals surface area contributed by atoms with Gasteiger partial charge in [-0.2, -0.15) is 0 Å². The maximum Gasteiger partial charge on any atom is 0.326 e. The molecule has 1 aromatic rings. The van der Waals surface area contributed by atoms with Crippen molar-refractivity contribution in [2.24, 2.45) is 5.73 Å². The van der Waals surface area contributed by atoms with E-state index >= 15 is 0 Å². The van der Waals surface area contributed by atoms with Crippen molar-refractivity contribution >= 4 is 29.2 Å². The fourth-order valence-electron chi connectivity index (χ4n) is 1.70. The van der Waals surface area contributed by atoms with Gasteiger partial charge < -0.3 is 16.2 Å². The third-order valence-corrected chi connectivity index (χ3v) is 2.96.